The molecule has 2 rings (SSSR count). The summed E-state index contributed by atoms with van der Waals surface area (Å²) in [5.41, 5.74) is 3.68. The van der Waals surface area contributed by atoms with E-state index >= 15 is 0 Å². The third-order valence-electron chi connectivity index (χ3n) is 2.72. The lowest BCUT2D eigenvalue weighted by Gasteiger charge is -2.29. The monoisotopic (exact) mass is 223 g/mol. The van der Waals surface area contributed by atoms with Crippen LogP contribution < -0.4 is 16.2 Å². The standard InChI is InChI=1S/C10H17N5O/c1-2-8-9(14-11)12-7-13-10(8)15-3-5-16-6-4-15/h7H,2-6,11H2,1H3,(H,12,13,14). The van der Waals surface area contributed by atoms with Crippen LogP contribution in [0.3, 0.4) is 0 Å². The first-order valence-electron chi connectivity index (χ1n) is 5.50. The molecule has 1 aromatic rings. The molecule has 0 atom stereocenters. The highest BCUT2D eigenvalue weighted by Crippen LogP contribution is 2.23. The number of nitrogen functional groups attached to an aromatic ring is 1. The smallest absolute Gasteiger partial charge is 0.148 e. The number of rotatable bonds is 3. The van der Waals surface area contributed by atoms with Gasteiger partial charge in [-0.25, -0.2) is 15.8 Å². The zero-order chi connectivity index (χ0) is 11.4. The molecule has 16 heavy (non-hydrogen) atoms. The van der Waals surface area contributed by atoms with Gasteiger partial charge in [-0.2, -0.15) is 0 Å². The summed E-state index contributed by atoms with van der Waals surface area (Å²) < 4.78 is 5.33. The number of aromatic nitrogens is 2. The van der Waals surface area contributed by atoms with Crippen molar-refractivity contribution in [2.75, 3.05) is 36.6 Å². The summed E-state index contributed by atoms with van der Waals surface area (Å²) >= 11 is 0. The zero-order valence-corrected chi connectivity index (χ0v) is 9.44. The van der Waals surface area contributed by atoms with Crippen LogP contribution in [-0.2, 0) is 11.2 Å². The lowest BCUT2D eigenvalue weighted by Crippen LogP contribution is -2.37. The lowest BCUT2D eigenvalue weighted by molar-refractivity contribution is 0.122. The van der Waals surface area contributed by atoms with E-state index in [1.165, 1.54) is 0 Å². The van der Waals surface area contributed by atoms with Crippen molar-refractivity contribution in [1.82, 2.24) is 9.97 Å². The van der Waals surface area contributed by atoms with Crippen LogP contribution in [0.1, 0.15) is 12.5 Å². The third-order valence-corrected chi connectivity index (χ3v) is 2.72. The van der Waals surface area contributed by atoms with Gasteiger partial charge in [0, 0.05) is 18.7 Å². The topological polar surface area (TPSA) is 76.3 Å². The van der Waals surface area contributed by atoms with Crippen LogP contribution in [0.15, 0.2) is 6.33 Å². The first-order valence-corrected chi connectivity index (χ1v) is 5.50. The second-order valence-electron chi connectivity index (χ2n) is 3.62. The number of nitrogens with zero attached hydrogens (tertiary/aromatic N) is 3. The Morgan fingerprint density at radius 3 is 2.81 bits per heavy atom. The summed E-state index contributed by atoms with van der Waals surface area (Å²) in [5.74, 6) is 7.11. The molecule has 0 aliphatic carbocycles. The normalized spacial score (nSPS) is 16.2. The number of ether oxygens (including phenoxy) is 1. The van der Waals surface area contributed by atoms with Crippen LogP contribution in [0.25, 0.3) is 0 Å². The molecule has 6 nitrogen and oxygen atoms in total. The molecular formula is C10H17N5O. The maximum Gasteiger partial charge on any atom is 0.148 e. The largest absolute Gasteiger partial charge is 0.378 e. The Bertz CT molecular complexity index is 351. The molecule has 1 aromatic heterocycles. The molecular weight excluding hydrogens is 206 g/mol. The van der Waals surface area contributed by atoms with E-state index in [-0.39, 0.29) is 0 Å². The summed E-state index contributed by atoms with van der Waals surface area (Å²) in [6, 6.07) is 0. The molecule has 0 amide bonds. The molecule has 0 aromatic carbocycles. The summed E-state index contributed by atoms with van der Waals surface area (Å²) in [6.07, 6.45) is 2.40. The van der Waals surface area contributed by atoms with Gasteiger partial charge in [0.25, 0.3) is 0 Å². The van der Waals surface area contributed by atoms with E-state index in [0.717, 1.165) is 44.1 Å². The number of hydrazine groups is 1. The maximum atomic E-state index is 5.44. The van der Waals surface area contributed by atoms with Crippen LogP contribution >= 0.6 is 0 Å². The minimum atomic E-state index is 0.707. The minimum Gasteiger partial charge on any atom is -0.378 e. The molecule has 2 heterocycles. The van der Waals surface area contributed by atoms with E-state index in [4.69, 9.17) is 10.6 Å². The molecule has 0 saturated carbocycles. The molecule has 6 heteroatoms. The lowest BCUT2D eigenvalue weighted by atomic mass is 10.2. The van der Waals surface area contributed by atoms with Crippen molar-refractivity contribution in [3.8, 4) is 0 Å². The molecule has 0 spiro atoms. The Labute approximate surface area is 94.8 Å². The fraction of sp³-hybridized carbons (Fsp3) is 0.600. The Kier molecular flexibility index (Phi) is 3.53. The summed E-state index contributed by atoms with van der Waals surface area (Å²) in [6.45, 7) is 5.31. The van der Waals surface area contributed by atoms with Crippen LogP contribution in [-0.4, -0.2) is 36.3 Å². The Morgan fingerprint density at radius 2 is 2.19 bits per heavy atom. The molecule has 1 saturated heterocycles. The fourth-order valence-electron chi connectivity index (χ4n) is 1.90. The number of hydrogen-bond donors (Lipinski definition) is 2. The molecule has 1 aliphatic heterocycles. The van der Waals surface area contributed by atoms with Crippen molar-refractivity contribution in [2.24, 2.45) is 5.84 Å². The summed E-state index contributed by atoms with van der Waals surface area (Å²) in [7, 11) is 0. The van der Waals surface area contributed by atoms with Gasteiger partial charge >= 0.3 is 0 Å². The van der Waals surface area contributed by atoms with Crippen LogP contribution in [0.4, 0.5) is 11.6 Å². The highest BCUT2D eigenvalue weighted by atomic mass is 16.5. The van der Waals surface area contributed by atoms with Crippen molar-refractivity contribution in [3.05, 3.63) is 11.9 Å². The predicted molar refractivity (Wildman–Crippen MR) is 62.3 cm³/mol. The van der Waals surface area contributed by atoms with Crippen LogP contribution in [0, 0.1) is 0 Å². The van der Waals surface area contributed by atoms with E-state index in [2.05, 4.69) is 27.2 Å². The zero-order valence-electron chi connectivity index (χ0n) is 9.44. The van der Waals surface area contributed by atoms with Crippen molar-refractivity contribution in [1.29, 1.82) is 0 Å². The van der Waals surface area contributed by atoms with Gasteiger partial charge in [-0.3, -0.25) is 0 Å². The molecule has 0 bridgehead atoms. The van der Waals surface area contributed by atoms with Gasteiger partial charge in [0.2, 0.25) is 0 Å². The average molecular weight is 223 g/mol. The fourth-order valence-corrected chi connectivity index (χ4v) is 1.90. The van der Waals surface area contributed by atoms with Gasteiger partial charge in [-0.15, -0.1) is 0 Å². The summed E-state index contributed by atoms with van der Waals surface area (Å²) in [5, 5.41) is 0. The van der Waals surface area contributed by atoms with Gasteiger partial charge in [-0.05, 0) is 6.42 Å². The van der Waals surface area contributed by atoms with Gasteiger partial charge in [0.15, 0.2) is 0 Å². The highest BCUT2D eigenvalue weighted by Gasteiger charge is 2.17. The maximum absolute atomic E-state index is 5.44. The SMILES string of the molecule is CCc1c(NN)ncnc1N1CCOCC1. The van der Waals surface area contributed by atoms with E-state index in [9.17, 15) is 0 Å². The number of nitrogens with two attached hydrogens (primary N) is 1. The van der Waals surface area contributed by atoms with Gasteiger partial charge in [-0.1, -0.05) is 6.92 Å². The second kappa shape index (κ2) is 5.09. The number of hydrogen-bond acceptors (Lipinski definition) is 6. The number of nitrogens with one attached hydrogen (secondary N) is 1. The molecule has 1 fully saturated rings. The molecule has 1 aliphatic rings. The van der Waals surface area contributed by atoms with Crippen molar-refractivity contribution in [3.63, 3.8) is 0 Å². The predicted octanol–water partition coefficient (Wildman–Crippen LogP) is 0.161. The third kappa shape index (κ3) is 2.07. The first-order chi connectivity index (χ1) is 7.86. The van der Waals surface area contributed by atoms with E-state index < -0.39 is 0 Å². The molecule has 0 radical (unpaired) electrons. The van der Waals surface area contributed by atoms with Gasteiger partial charge < -0.3 is 15.1 Å². The van der Waals surface area contributed by atoms with Gasteiger partial charge in [0.05, 0.1) is 13.2 Å². The van der Waals surface area contributed by atoms with E-state index in [1.807, 2.05) is 0 Å². The Morgan fingerprint density at radius 1 is 1.44 bits per heavy atom. The van der Waals surface area contributed by atoms with Crippen molar-refractivity contribution >= 4 is 11.6 Å². The van der Waals surface area contributed by atoms with Crippen molar-refractivity contribution < 1.29 is 4.74 Å². The first kappa shape index (κ1) is 11.1. The van der Waals surface area contributed by atoms with Crippen LogP contribution in [0.5, 0.6) is 0 Å². The van der Waals surface area contributed by atoms with Crippen LogP contribution in [0.2, 0.25) is 0 Å². The Hall–Kier alpha value is -1.40. The summed E-state index contributed by atoms with van der Waals surface area (Å²) in [4.78, 5) is 10.7. The molecule has 88 valence electrons. The average Bonchev–Trinajstić information content (AvgIpc) is 2.38. The molecule has 3 N–H and O–H groups in total. The second-order valence-corrected chi connectivity index (χ2v) is 3.62. The molecule has 0 unspecified atom stereocenters. The highest BCUT2D eigenvalue weighted by molar-refractivity contribution is 5.58. The van der Waals surface area contributed by atoms with E-state index in [0.29, 0.717) is 5.82 Å². The Balaban J connectivity index is 2.30. The van der Waals surface area contributed by atoms with Gasteiger partial charge in [0.1, 0.15) is 18.0 Å². The number of morpholine rings is 1. The number of anilines is 2. The van der Waals surface area contributed by atoms with E-state index in [1.54, 1.807) is 6.33 Å². The quantitative estimate of drug-likeness (QED) is 0.561. The minimum absolute atomic E-state index is 0.707. The van der Waals surface area contributed by atoms with Crippen molar-refractivity contribution in [2.45, 2.75) is 13.3 Å².